The quantitative estimate of drug-likeness (QED) is 0.890. The van der Waals surface area contributed by atoms with Gasteiger partial charge in [-0.05, 0) is 41.1 Å². The van der Waals surface area contributed by atoms with Crippen molar-refractivity contribution in [3.63, 3.8) is 0 Å². The highest BCUT2D eigenvalue weighted by Gasteiger charge is 2.23. The molecule has 0 spiro atoms. The highest BCUT2D eigenvalue weighted by atomic mass is 79.9. The summed E-state index contributed by atoms with van der Waals surface area (Å²) in [6.45, 7) is 4.25. The molecule has 1 saturated heterocycles. The SMILES string of the molecule is C[C@@H]1CNCCN1C(=O)COc1ccc(F)cc1Br.Cl. The lowest BCUT2D eigenvalue weighted by atomic mass is 10.2. The van der Waals surface area contributed by atoms with Crippen LogP contribution in [0, 0.1) is 5.82 Å². The number of ether oxygens (including phenoxy) is 1. The van der Waals surface area contributed by atoms with E-state index in [1.165, 1.54) is 18.2 Å². The average molecular weight is 368 g/mol. The normalized spacial score (nSPS) is 18.4. The summed E-state index contributed by atoms with van der Waals surface area (Å²) in [5, 5.41) is 3.22. The minimum absolute atomic E-state index is 0. The molecule has 0 radical (unpaired) electrons. The third kappa shape index (κ3) is 4.33. The summed E-state index contributed by atoms with van der Waals surface area (Å²) < 4.78 is 18.9. The van der Waals surface area contributed by atoms with Crippen molar-refractivity contribution in [2.45, 2.75) is 13.0 Å². The Balaban J connectivity index is 0.00000200. The number of hydrogen-bond acceptors (Lipinski definition) is 3. The van der Waals surface area contributed by atoms with Gasteiger partial charge in [-0.2, -0.15) is 0 Å². The fourth-order valence-electron chi connectivity index (χ4n) is 2.03. The molecular formula is C13H17BrClFN2O2. The van der Waals surface area contributed by atoms with E-state index in [-0.39, 0.29) is 36.8 Å². The maximum Gasteiger partial charge on any atom is 0.260 e. The van der Waals surface area contributed by atoms with Gasteiger partial charge >= 0.3 is 0 Å². The molecule has 1 N–H and O–H groups in total. The Hall–Kier alpha value is -0.850. The Labute approximate surface area is 132 Å². The molecule has 20 heavy (non-hydrogen) atoms. The predicted octanol–water partition coefficient (Wildman–Crippen LogP) is 2.21. The third-order valence-corrected chi connectivity index (χ3v) is 3.69. The van der Waals surface area contributed by atoms with Gasteiger partial charge in [0.1, 0.15) is 11.6 Å². The van der Waals surface area contributed by atoms with E-state index >= 15 is 0 Å². The zero-order valence-corrected chi connectivity index (χ0v) is 13.5. The molecule has 0 unspecified atom stereocenters. The summed E-state index contributed by atoms with van der Waals surface area (Å²) in [6, 6.07) is 4.29. The molecule has 1 atom stereocenters. The summed E-state index contributed by atoms with van der Waals surface area (Å²) in [4.78, 5) is 13.8. The number of rotatable bonds is 3. The topological polar surface area (TPSA) is 41.6 Å². The molecule has 0 saturated carbocycles. The van der Waals surface area contributed by atoms with E-state index < -0.39 is 0 Å². The van der Waals surface area contributed by atoms with Crippen LogP contribution in [0.2, 0.25) is 0 Å². The van der Waals surface area contributed by atoms with Crippen LogP contribution in [0.15, 0.2) is 22.7 Å². The fourth-order valence-corrected chi connectivity index (χ4v) is 2.49. The van der Waals surface area contributed by atoms with Crippen LogP contribution < -0.4 is 10.1 Å². The zero-order valence-electron chi connectivity index (χ0n) is 11.1. The molecule has 1 amide bonds. The number of benzene rings is 1. The van der Waals surface area contributed by atoms with E-state index in [0.717, 1.165) is 13.1 Å². The Morgan fingerprint density at radius 3 is 3.00 bits per heavy atom. The van der Waals surface area contributed by atoms with Gasteiger partial charge in [-0.15, -0.1) is 12.4 Å². The number of carbonyl (C=O) groups excluding carboxylic acids is 1. The molecule has 7 heteroatoms. The van der Waals surface area contributed by atoms with Crippen molar-refractivity contribution < 1.29 is 13.9 Å². The molecule has 4 nitrogen and oxygen atoms in total. The first-order valence-corrected chi connectivity index (χ1v) is 6.95. The molecule has 2 rings (SSSR count). The van der Waals surface area contributed by atoms with Gasteiger partial charge in [0.25, 0.3) is 5.91 Å². The van der Waals surface area contributed by atoms with Gasteiger partial charge < -0.3 is 15.0 Å². The minimum atomic E-state index is -0.346. The highest BCUT2D eigenvalue weighted by Crippen LogP contribution is 2.25. The zero-order chi connectivity index (χ0) is 13.8. The van der Waals surface area contributed by atoms with Crippen molar-refractivity contribution >= 4 is 34.2 Å². The first kappa shape index (κ1) is 17.2. The number of hydrogen-bond donors (Lipinski definition) is 1. The maximum atomic E-state index is 12.9. The van der Waals surface area contributed by atoms with Crippen molar-refractivity contribution in [1.82, 2.24) is 10.2 Å². The van der Waals surface area contributed by atoms with E-state index in [9.17, 15) is 9.18 Å². The van der Waals surface area contributed by atoms with Gasteiger partial charge in [-0.3, -0.25) is 4.79 Å². The molecule has 1 aliphatic heterocycles. The first-order chi connectivity index (χ1) is 9.08. The van der Waals surface area contributed by atoms with Crippen LogP contribution in [-0.4, -0.2) is 43.1 Å². The van der Waals surface area contributed by atoms with Crippen molar-refractivity contribution in [2.75, 3.05) is 26.2 Å². The van der Waals surface area contributed by atoms with E-state index in [0.29, 0.717) is 16.8 Å². The Kier molecular flexibility index (Phi) is 6.71. The van der Waals surface area contributed by atoms with Crippen LogP contribution in [0.4, 0.5) is 4.39 Å². The minimum Gasteiger partial charge on any atom is -0.483 e. The monoisotopic (exact) mass is 366 g/mol. The largest absolute Gasteiger partial charge is 0.483 e. The molecular weight excluding hydrogens is 351 g/mol. The van der Waals surface area contributed by atoms with Crippen LogP contribution in [0.3, 0.4) is 0 Å². The number of piperazine rings is 1. The lowest BCUT2D eigenvalue weighted by Gasteiger charge is -2.33. The second kappa shape index (κ2) is 7.81. The van der Waals surface area contributed by atoms with Gasteiger partial charge in [-0.25, -0.2) is 4.39 Å². The van der Waals surface area contributed by atoms with Crippen LogP contribution in [0.1, 0.15) is 6.92 Å². The van der Waals surface area contributed by atoms with Crippen LogP contribution >= 0.6 is 28.3 Å². The van der Waals surface area contributed by atoms with Gasteiger partial charge in [0.15, 0.2) is 6.61 Å². The van der Waals surface area contributed by atoms with Crippen LogP contribution in [-0.2, 0) is 4.79 Å². The molecule has 112 valence electrons. The molecule has 1 aliphatic rings. The lowest BCUT2D eigenvalue weighted by molar-refractivity contribution is -0.136. The van der Waals surface area contributed by atoms with Gasteiger partial charge in [0, 0.05) is 25.7 Å². The Morgan fingerprint density at radius 2 is 2.35 bits per heavy atom. The van der Waals surface area contributed by atoms with E-state index in [4.69, 9.17) is 4.74 Å². The highest BCUT2D eigenvalue weighted by molar-refractivity contribution is 9.10. The summed E-state index contributed by atoms with van der Waals surface area (Å²) in [6.07, 6.45) is 0. The molecule has 1 heterocycles. The third-order valence-electron chi connectivity index (χ3n) is 3.07. The van der Waals surface area contributed by atoms with Gasteiger partial charge in [0.05, 0.1) is 4.47 Å². The summed E-state index contributed by atoms with van der Waals surface area (Å²) in [5.74, 6) is 0.0732. The van der Waals surface area contributed by atoms with Crippen molar-refractivity contribution in [3.8, 4) is 5.75 Å². The number of nitrogens with zero attached hydrogens (tertiary/aromatic N) is 1. The standard InChI is InChI=1S/C13H16BrFN2O2.ClH/c1-9-7-16-4-5-17(9)13(18)8-19-12-3-2-10(15)6-11(12)14;/h2-3,6,9,16H,4-5,7-8H2,1H3;1H/t9-;/m1./s1. The summed E-state index contributed by atoms with van der Waals surface area (Å²) >= 11 is 3.21. The Bertz CT molecular complexity index is 476. The number of halogens is 3. The molecule has 1 fully saturated rings. The molecule has 1 aromatic rings. The number of carbonyl (C=O) groups is 1. The molecule has 1 aromatic carbocycles. The molecule has 0 bridgehead atoms. The van der Waals surface area contributed by atoms with Crippen LogP contribution in [0.25, 0.3) is 0 Å². The fraction of sp³-hybridized carbons (Fsp3) is 0.462. The van der Waals surface area contributed by atoms with E-state index in [1.807, 2.05) is 6.92 Å². The van der Waals surface area contributed by atoms with Gasteiger partial charge in [-0.1, -0.05) is 0 Å². The van der Waals surface area contributed by atoms with E-state index in [2.05, 4.69) is 21.2 Å². The Morgan fingerprint density at radius 1 is 1.60 bits per heavy atom. The van der Waals surface area contributed by atoms with Crippen molar-refractivity contribution in [2.24, 2.45) is 0 Å². The van der Waals surface area contributed by atoms with Crippen molar-refractivity contribution in [3.05, 3.63) is 28.5 Å². The first-order valence-electron chi connectivity index (χ1n) is 6.16. The molecule has 0 aliphatic carbocycles. The lowest BCUT2D eigenvalue weighted by Crippen LogP contribution is -2.53. The summed E-state index contributed by atoms with van der Waals surface area (Å²) in [5.41, 5.74) is 0. The second-order valence-electron chi connectivity index (χ2n) is 4.50. The average Bonchev–Trinajstić information content (AvgIpc) is 2.38. The predicted molar refractivity (Wildman–Crippen MR) is 80.9 cm³/mol. The summed E-state index contributed by atoms with van der Waals surface area (Å²) in [7, 11) is 0. The number of nitrogens with one attached hydrogen (secondary N) is 1. The molecule has 0 aromatic heterocycles. The van der Waals surface area contributed by atoms with Gasteiger partial charge in [0.2, 0.25) is 0 Å². The number of amides is 1. The second-order valence-corrected chi connectivity index (χ2v) is 5.36. The smallest absolute Gasteiger partial charge is 0.260 e. The maximum absolute atomic E-state index is 12.9. The van der Waals surface area contributed by atoms with E-state index in [1.54, 1.807) is 4.90 Å². The van der Waals surface area contributed by atoms with Crippen LogP contribution in [0.5, 0.6) is 5.75 Å². The van der Waals surface area contributed by atoms with Crippen molar-refractivity contribution in [1.29, 1.82) is 0 Å².